The molecule has 0 fully saturated rings. The van der Waals surface area contributed by atoms with Crippen molar-refractivity contribution in [3.63, 3.8) is 0 Å². The second-order valence-electron chi connectivity index (χ2n) is 4.93. The first-order valence-corrected chi connectivity index (χ1v) is 11.9. The molecule has 0 unspecified atom stereocenters. The lowest BCUT2D eigenvalue weighted by molar-refractivity contribution is -0.130. The average molecular weight is 216 g/mol. The van der Waals surface area contributed by atoms with E-state index in [1.807, 2.05) is 0 Å². The van der Waals surface area contributed by atoms with Gasteiger partial charge in [0.15, 0.2) is 0 Å². The van der Waals surface area contributed by atoms with Gasteiger partial charge in [-0.1, -0.05) is 26.2 Å². The zero-order valence-corrected chi connectivity index (χ0v) is 11.5. The Labute approximate surface area is 82.9 Å². The lowest BCUT2D eigenvalue weighted by Gasteiger charge is -2.33. The standard InChI is InChI=1S/C9H20O2Si2/c1-8(2)9(10)11-13(6,7)12(3,4)5/h1H2,2-7H3. The summed E-state index contributed by atoms with van der Waals surface area (Å²) in [6.45, 7) is 16.2. The molecule has 0 aliphatic heterocycles. The number of carbonyl (C=O) groups is 1. The van der Waals surface area contributed by atoms with E-state index < -0.39 is 15.4 Å². The van der Waals surface area contributed by atoms with Gasteiger partial charge in [0.25, 0.3) is 0 Å². The summed E-state index contributed by atoms with van der Waals surface area (Å²) in [5.74, 6) is -0.223. The Bertz CT molecular complexity index is 226. The van der Waals surface area contributed by atoms with Crippen molar-refractivity contribution < 1.29 is 9.22 Å². The second kappa shape index (κ2) is 3.80. The van der Waals surface area contributed by atoms with Crippen LogP contribution in [0.2, 0.25) is 32.7 Å². The SMILES string of the molecule is C=C(C)C(=O)O[Si](C)(C)[Si](C)(C)C. The minimum absolute atomic E-state index is 0.223. The maximum atomic E-state index is 11.3. The number of hydrogen-bond donors (Lipinski definition) is 0. The highest BCUT2D eigenvalue weighted by Gasteiger charge is 2.41. The summed E-state index contributed by atoms with van der Waals surface area (Å²) in [5.41, 5.74) is 0.499. The third-order valence-electron chi connectivity index (χ3n) is 2.50. The molecule has 0 atom stereocenters. The van der Waals surface area contributed by atoms with Gasteiger partial charge in [0.1, 0.15) is 0 Å². The van der Waals surface area contributed by atoms with Gasteiger partial charge in [-0.05, 0) is 20.0 Å². The van der Waals surface area contributed by atoms with Crippen LogP contribution in [0, 0.1) is 0 Å². The second-order valence-corrected chi connectivity index (χ2v) is 20.8. The zero-order valence-electron chi connectivity index (χ0n) is 9.52. The monoisotopic (exact) mass is 216 g/mol. The van der Waals surface area contributed by atoms with Gasteiger partial charge in [0.05, 0.1) is 7.59 Å². The lowest BCUT2D eigenvalue weighted by Crippen LogP contribution is -2.55. The summed E-state index contributed by atoms with van der Waals surface area (Å²) in [5, 5.41) is 0. The molecule has 0 radical (unpaired) electrons. The average Bonchev–Trinajstić information content (AvgIpc) is 1.83. The van der Waals surface area contributed by atoms with E-state index in [1.54, 1.807) is 6.92 Å². The van der Waals surface area contributed by atoms with E-state index in [1.165, 1.54) is 0 Å². The molecule has 0 bridgehead atoms. The Hall–Kier alpha value is -0.356. The van der Waals surface area contributed by atoms with Crippen LogP contribution >= 0.6 is 0 Å². The molecule has 0 saturated heterocycles. The van der Waals surface area contributed by atoms with Crippen LogP contribution in [0.15, 0.2) is 12.2 Å². The fourth-order valence-electron chi connectivity index (χ4n) is 0.472. The predicted molar refractivity (Wildman–Crippen MR) is 61.7 cm³/mol. The summed E-state index contributed by atoms with van der Waals surface area (Å²) < 4.78 is 5.53. The predicted octanol–water partition coefficient (Wildman–Crippen LogP) is 2.73. The number of hydrogen-bond acceptors (Lipinski definition) is 2. The number of rotatable bonds is 3. The summed E-state index contributed by atoms with van der Waals surface area (Å²) in [7, 11) is -3.14. The molecule has 0 amide bonds. The molecule has 0 spiro atoms. The van der Waals surface area contributed by atoms with Gasteiger partial charge < -0.3 is 4.43 Å². The first-order chi connectivity index (χ1) is 5.58. The van der Waals surface area contributed by atoms with Crippen molar-refractivity contribution in [2.24, 2.45) is 0 Å². The molecule has 2 nitrogen and oxygen atoms in total. The third-order valence-corrected chi connectivity index (χ3v) is 18.0. The Balaban J connectivity index is 4.53. The third kappa shape index (κ3) is 3.48. The molecule has 13 heavy (non-hydrogen) atoms. The first kappa shape index (κ1) is 12.6. The summed E-state index contributed by atoms with van der Waals surface area (Å²) in [6, 6.07) is 0. The Morgan fingerprint density at radius 3 is 1.77 bits per heavy atom. The molecule has 0 N–H and O–H groups in total. The van der Waals surface area contributed by atoms with Crippen LogP contribution in [0.25, 0.3) is 0 Å². The fraction of sp³-hybridized carbons (Fsp3) is 0.667. The van der Waals surface area contributed by atoms with Gasteiger partial charge in [-0.2, -0.15) is 0 Å². The number of carbonyl (C=O) groups excluding carboxylic acids is 1. The molecular weight excluding hydrogens is 196 g/mol. The summed E-state index contributed by atoms with van der Waals surface area (Å²) >= 11 is 0. The largest absolute Gasteiger partial charge is 0.519 e. The normalized spacial score (nSPS) is 12.5. The molecule has 0 aromatic heterocycles. The maximum Gasteiger partial charge on any atom is 0.319 e. The minimum atomic E-state index is -1.80. The minimum Gasteiger partial charge on any atom is -0.519 e. The van der Waals surface area contributed by atoms with E-state index in [-0.39, 0.29) is 5.97 Å². The Morgan fingerprint density at radius 1 is 1.15 bits per heavy atom. The van der Waals surface area contributed by atoms with Crippen LogP contribution < -0.4 is 0 Å². The molecule has 76 valence electrons. The summed E-state index contributed by atoms with van der Waals surface area (Å²) in [6.07, 6.45) is 0. The smallest absolute Gasteiger partial charge is 0.319 e. The van der Waals surface area contributed by atoms with Crippen LogP contribution in [0.1, 0.15) is 6.92 Å². The fourth-order valence-corrected chi connectivity index (χ4v) is 2.61. The topological polar surface area (TPSA) is 26.3 Å². The highest BCUT2D eigenvalue weighted by molar-refractivity contribution is 7.38. The molecule has 0 rings (SSSR count). The maximum absolute atomic E-state index is 11.3. The summed E-state index contributed by atoms with van der Waals surface area (Å²) in [4.78, 5) is 11.3. The van der Waals surface area contributed by atoms with Crippen LogP contribution in [0.4, 0.5) is 0 Å². The van der Waals surface area contributed by atoms with E-state index in [4.69, 9.17) is 4.43 Å². The molecule has 0 saturated carbocycles. The lowest BCUT2D eigenvalue weighted by atomic mass is 10.4. The van der Waals surface area contributed by atoms with E-state index in [9.17, 15) is 4.79 Å². The van der Waals surface area contributed by atoms with Crippen LogP contribution in [0.5, 0.6) is 0 Å². The van der Waals surface area contributed by atoms with Crippen molar-refractivity contribution in [3.05, 3.63) is 12.2 Å². The van der Waals surface area contributed by atoms with Crippen molar-refractivity contribution >= 4 is 21.4 Å². The van der Waals surface area contributed by atoms with Crippen molar-refractivity contribution in [1.82, 2.24) is 0 Å². The van der Waals surface area contributed by atoms with Gasteiger partial charge in [-0.3, -0.25) is 0 Å². The molecular formula is C9H20O2Si2. The van der Waals surface area contributed by atoms with Crippen molar-refractivity contribution in [2.45, 2.75) is 39.7 Å². The quantitative estimate of drug-likeness (QED) is 0.535. The highest BCUT2D eigenvalue weighted by Crippen LogP contribution is 2.20. The molecule has 4 heteroatoms. The molecule has 0 heterocycles. The first-order valence-electron chi connectivity index (χ1n) is 4.47. The molecule has 0 aromatic carbocycles. The molecule has 0 aromatic rings. The molecule has 0 aliphatic rings. The van der Waals surface area contributed by atoms with Gasteiger partial charge in [-0.25, -0.2) is 4.79 Å². The van der Waals surface area contributed by atoms with Crippen LogP contribution in [-0.2, 0) is 9.22 Å². The van der Waals surface area contributed by atoms with Crippen molar-refractivity contribution in [2.75, 3.05) is 0 Å². The molecule has 0 aliphatic carbocycles. The Kier molecular flexibility index (Phi) is 3.69. The van der Waals surface area contributed by atoms with E-state index in [0.717, 1.165) is 0 Å². The van der Waals surface area contributed by atoms with Crippen molar-refractivity contribution in [3.8, 4) is 0 Å². The van der Waals surface area contributed by atoms with Gasteiger partial charge in [-0.15, -0.1) is 0 Å². The van der Waals surface area contributed by atoms with Crippen molar-refractivity contribution in [1.29, 1.82) is 0 Å². The van der Waals surface area contributed by atoms with Gasteiger partial charge in [0.2, 0.25) is 7.83 Å². The zero-order chi connectivity index (χ0) is 10.9. The van der Waals surface area contributed by atoms with Gasteiger partial charge in [0, 0.05) is 5.57 Å². The van der Waals surface area contributed by atoms with E-state index >= 15 is 0 Å². The highest BCUT2D eigenvalue weighted by atomic mass is 29.3. The van der Waals surface area contributed by atoms with Crippen LogP contribution in [0.3, 0.4) is 0 Å². The van der Waals surface area contributed by atoms with Crippen LogP contribution in [-0.4, -0.2) is 21.4 Å². The Morgan fingerprint density at radius 2 is 1.54 bits per heavy atom. The van der Waals surface area contributed by atoms with E-state index in [2.05, 4.69) is 39.3 Å². The van der Waals surface area contributed by atoms with Gasteiger partial charge >= 0.3 is 5.97 Å². The van der Waals surface area contributed by atoms with E-state index in [0.29, 0.717) is 5.57 Å².